The van der Waals surface area contributed by atoms with Crippen molar-refractivity contribution in [2.24, 2.45) is 0 Å². The molecule has 4 nitrogen and oxygen atoms in total. The average molecular weight is 265 g/mol. The molecule has 0 aliphatic heterocycles. The maximum atomic E-state index is 13.6. The van der Waals surface area contributed by atoms with Crippen LogP contribution in [-0.4, -0.2) is 12.1 Å². The van der Waals surface area contributed by atoms with Crippen molar-refractivity contribution < 1.29 is 13.5 Å². The number of hydrogen-bond acceptors (Lipinski definition) is 4. The van der Waals surface area contributed by atoms with Crippen LogP contribution in [0.15, 0.2) is 30.3 Å². The molecule has 0 aliphatic carbocycles. The molecule has 2 aromatic rings. The SMILES string of the molecule is COCc1ccccc1Nc1nc(N)c(F)cc1F. The molecule has 1 heterocycles. The number of methoxy groups -OCH3 is 1. The number of para-hydroxylation sites is 1. The number of anilines is 3. The minimum Gasteiger partial charge on any atom is -0.381 e. The Balaban J connectivity index is 2.33. The number of nitrogens with one attached hydrogen (secondary N) is 1. The van der Waals surface area contributed by atoms with Crippen LogP contribution in [0.1, 0.15) is 5.56 Å². The largest absolute Gasteiger partial charge is 0.381 e. The van der Waals surface area contributed by atoms with Crippen LogP contribution >= 0.6 is 0 Å². The highest BCUT2D eigenvalue weighted by Crippen LogP contribution is 2.24. The van der Waals surface area contributed by atoms with E-state index < -0.39 is 11.6 Å². The summed E-state index contributed by atoms with van der Waals surface area (Å²) in [6, 6.07) is 7.89. The number of nitrogens with two attached hydrogens (primary N) is 1. The van der Waals surface area contributed by atoms with Gasteiger partial charge in [0.25, 0.3) is 0 Å². The standard InChI is InChI=1S/C13H13F2N3O/c1-19-7-8-4-2-3-5-11(8)17-13-10(15)6-9(14)12(16)18-13/h2-6H,7H2,1H3,(H3,16,17,18). The van der Waals surface area contributed by atoms with Crippen LogP contribution in [0, 0.1) is 11.6 Å². The predicted molar refractivity (Wildman–Crippen MR) is 69.0 cm³/mol. The Morgan fingerprint density at radius 3 is 2.74 bits per heavy atom. The summed E-state index contributed by atoms with van der Waals surface area (Å²) < 4.78 is 31.6. The number of benzene rings is 1. The van der Waals surface area contributed by atoms with Crippen LogP contribution in [-0.2, 0) is 11.3 Å². The molecule has 0 saturated heterocycles. The van der Waals surface area contributed by atoms with E-state index in [1.54, 1.807) is 19.2 Å². The molecule has 0 bridgehead atoms. The number of nitrogens with zero attached hydrogens (tertiary/aromatic N) is 1. The van der Waals surface area contributed by atoms with Crippen molar-refractivity contribution in [2.45, 2.75) is 6.61 Å². The lowest BCUT2D eigenvalue weighted by molar-refractivity contribution is 0.185. The van der Waals surface area contributed by atoms with Gasteiger partial charge in [-0.2, -0.15) is 0 Å². The Bertz CT molecular complexity index is 590. The second-order valence-corrected chi connectivity index (χ2v) is 3.90. The first kappa shape index (κ1) is 13.2. The van der Waals surface area contributed by atoms with E-state index in [1.165, 1.54) is 0 Å². The second kappa shape index (κ2) is 5.62. The van der Waals surface area contributed by atoms with Gasteiger partial charge in [-0.25, -0.2) is 13.8 Å². The quantitative estimate of drug-likeness (QED) is 0.892. The van der Waals surface area contributed by atoms with E-state index in [4.69, 9.17) is 10.5 Å². The molecule has 1 aromatic heterocycles. The summed E-state index contributed by atoms with van der Waals surface area (Å²) in [5.74, 6) is -2.16. The Hall–Kier alpha value is -2.21. The third kappa shape index (κ3) is 2.97. The zero-order valence-electron chi connectivity index (χ0n) is 10.3. The molecule has 3 N–H and O–H groups in total. The number of halogens is 2. The smallest absolute Gasteiger partial charge is 0.169 e. The first-order chi connectivity index (χ1) is 9.11. The number of ether oxygens (including phenoxy) is 1. The summed E-state index contributed by atoms with van der Waals surface area (Å²) in [6.45, 7) is 0.363. The molecular weight excluding hydrogens is 252 g/mol. The summed E-state index contributed by atoms with van der Waals surface area (Å²) in [5, 5.41) is 2.78. The van der Waals surface area contributed by atoms with Crippen molar-refractivity contribution in [1.29, 1.82) is 0 Å². The number of rotatable bonds is 4. The minimum atomic E-state index is -0.881. The van der Waals surface area contributed by atoms with Crippen molar-refractivity contribution >= 4 is 17.3 Å². The number of nitrogen functional groups attached to an aromatic ring is 1. The van der Waals surface area contributed by atoms with Gasteiger partial charge in [-0.1, -0.05) is 18.2 Å². The van der Waals surface area contributed by atoms with Crippen LogP contribution in [0.4, 0.5) is 26.1 Å². The van der Waals surface area contributed by atoms with E-state index in [-0.39, 0.29) is 11.6 Å². The van der Waals surface area contributed by atoms with Crippen LogP contribution in [0.3, 0.4) is 0 Å². The average Bonchev–Trinajstić information content (AvgIpc) is 2.38. The lowest BCUT2D eigenvalue weighted by Gasteiger charge is -2.12. The first-order valence-corrected chi connectivity index (χ1v) is 5.57. The fourth-order valence-corrected chi connectivity index (χ4v) is 1.62. The fraction of sp³-hybridized carbons (Fsp3) is 0.154. The number of hydrogen-bond donors (Lipinski definition) is 2. The van der Waals surface area contributed by atoms with Gasteiger partial charge in [-0.3, -0.25) is 0 Å². The normalized spacial score (nSPS) is 10.5. The molecule has 0 radical (unpaired) electrons. The lowest BCUT2D eigenvalue weighted by Crippen LogP contribution is -2.04. The van der Waals surface area contributed by atoms with Crippen molar-refractivity contribution in [3.8, 4) is 0 Å². The van der Waals surface area contributed by atoms with Gasteiger partial charge < -0.3 is 15.8 Å². The van der Waals surface area contributed by atoms with Gasteiger partial charge >= 0.3 is 0 Å². The van der Waals surface area contributed by atoms with E-state index >= 15 is 0 Å². The van der Waals surface area contributed by atoms with E-state index in [0.717, 1.165) is 5.56 Å². The molecule has 2 rings (SSSR count). The molecule has 1 aromatic carbocycles. The molecule has 0 spiro atoms. The maximum Gasteiger partial charge on any atom is 0.169 e. The van der Waals surface area contributed by atoms with Crippen LogP contribution < -0.4 is 11.1 Å². The summed E-state index contributed by atoms with van der Waals surface area (Å²) >= 11 is 0. The van der Waals surface area contributed by atoms with Crippen molar-refractivity contribution in [2.75, 3.05) is 18.2 Å². The van der Waals surface area contributed by atoms with Crippen molar-refractivity contribution in [3.05, 3.63) is 47.5 Å². The van der Waals surface area contributed by atoms with E-state index in [1.807, 2.05) is 12.1 Å². The molecule has 0 atom stereocenters. The molecule has 0 aliphatic rings. The maximum absolute atomic E-state index is 13.6. The highest BCUT2D eigenvalue weighted by atomic mass is 19.1. The summed E-state index contributed by atoms with van der Waals surface area (Å²) in [5.41, 5.74) is 6.78. The molecule has 0 amide bonds. The molecular formula is C13H13F2N3O. The van der Waals surface area contributed by atoms with Crippen LogP contribution in [0.5, 0.6) is 0 Å². The summed E-state index contributed by atoms with van der Waals surface area (Å²) in [6.07, 6.45) is 0. The Morgan fingerprint density at radius 2 is 2.00 bits per heavy atom. The van der Waals surface area contributed by atoms with Crippen LogP contribution in [0.2, 0.25) is 0 Å². The van der Waals surface area contributed by atoms with Gasteiger partial charge in [0.1, 0.15) is 0 Å². The topological polar surface area (TPSA) is 60.2 Å². The van der Waals surface area contributed by atoms with Gasteiger partial charge in [-0.05, 0) is 6.07 Å². The zero-order valence-corrected chi connectivity index (χ0v) is 10.3. The molecule has 0 saturated carbocycles. The van der Waals surface area contributed by atoms with E-state index in [0.29, 0.717) is 18.4 Å². The second-order valence-electron chi connectivity index (χ2n) is 3.90. The minimum absolute atomic E-state index is 0.123. The van der Waals surface area contributed by atoms with Gasteiger partial charge in [0.2, 0.25) is 0 Å². The monoisotopic (exact) mass is 265 g/mol. The fourth-order valence-electron chi connectivity index (χ4n) is 1.62. The molecule has 100 valence electrons. The first-order valence-electron chi connectivity index (χ1n) is 5.57. The highest BCUT2D eigenvalue weighted by molar-refractivity contribution is 5.62. The van der Waals surface area contributed by atoms with Gasteiger partial charge in [0.05, 0.1) is 6.61 Å². The Morgan fingerprint density at radius 1 is 1.26 bits per heavy atom. The van der Waals surface area contributed by atoms with E-state index in [9.17, 15) is 8.78 Å². The number of pyridine rings is 1. The Labute approximate surface area is 109 Å². The Kier molecular flexibility index (Phi) is 3.91. The highest BCUT2D eigenvalue weighted by Gasteiger charge is 2.11. The lowest BCUT2D eigenvalue weighted by atomic mass is 10.2. The van der Waals surface area contributed by atoms with Gasteiger partial charge in [-0.15, -0.1) is 0 Å². The molecule has 0 unspecified atom stereocenters. The summed E-state index contributed by atoms with van der Waals surface area (Å²) in [7, 11) is 1.56. The molecule has 19 heavy (non-hydrogen) atoms. The summed E-state index contributed by atoms with van der Waals surface area (Å²) in [4.78, 5) is 3.64. The van der Waals surface area contributed by atoms with Crippen LogP contribution in [0.25, 0.3) is 0 Å². The van der Waals surface area contributed by atoms with Crippen molar-refractivity contribution in [3.63, 3.8) is 0 Å². The number of aromatic nitrogens is 1. The van der Waals surface area contributed by atoms with Gasteiger partial charge in [0.15, 0.2) is 23.3 Å². The predicted octanol–water partition coefficient (Wildman–Crippen LogP) is 2.83. The third-order valence-electron chi connectivity index (χ3n) is 2.53. The van der Waals surface area contributed by atoms with Crippen molar-refractivity contribution in [1.82, 2.24) is 4.98 Å². The molecule has 6 heteroatoms. The zero-order chi connectivity index (χ0) is 13.8. The van der Waals surface area contributed by atoms with Gasteiger partial charge in [0, 0.05) is 24.4 Å². The van der Waals surface area contributed by atoms with E-state index in [2.05, 4.69) is 10.3 Å². The molecule has 0 fully saturated rings. The third-order valence-corrected chi connectivity index (χ3v) is 2.53.